The van der Waals surface area contributed by atoms with Gasteiger partial charge in [0.25, 0.3) is 0 Å². The second-order valence-corrected chi connectivity index (χ2v) is 8.18. The molecule has 11 heteroatoms. The number of nitrogens with zero attached hydrogens (tertiary/aromatic N) is 9. The lowest BCUT2D eigenvalue weighted by molar-refractivity contribution is 0.620. The molecular weight excluding hydrogens is 444 g/mol. The Labute approximate surface area is 201 Å². The normalized spacial score (nSPS) is 11.3. The van der Waals surface area contributed by atoms with Gasteiger partial charge >= 0.3 is 5.69 Å². The summed E-state index contributed by atoms with van der Waals surface area (Å²) >= 11 is 0. The predicted octanol–water partition coefficient (Wildman–Crippen LogP) is 2.88. The van der Waals surface area contributed by atoms with Crippen LogP contribution in [0, 0.1) is 0 Å². The molecule has 35 heavy (non-hydrogen) atoms. The van der Waals surface area contributed by atoms with Gasteiger partial charge in [0.2, 0.25) is 11.8 Å². The monoisotopic (exact) mass is 470 g/mol. The van der Waals surface area contributed by atoms with Crippen LogP contribution < -0.4 is 5.69 Å². The molecule has 4 aromatic heterocycles. The first-order valence-corrected chi connectivity index (χ1v) is 11.7. The Kier molecular flexibility index (Phi) is 6.29. The highest BCUT2D eigenvalue weighted by Crippen LogP contribution is 2.26. The molecule has 1 N–H and O–H groups in total. The topological polar surface area (TPSA) is 125 Å². The van der Waals surface area contributed by atoms with Gasteiger partial charge in [0.05, 0.1) is 6.54 Å². The molecule has 0 amide bonds. The SMILES string of the molecule is CCCCc1cn(-c2ncnn2CC)c(=O)n1Cc1cnccc1-c1ccc(-c2nn[nH]n2)cc1. The van der Waals surface area contributed by atoms with Crippen molar-refractivity contribution >= 4 is 0 Å². The van der Waals surface area contributed by atoms with Crippen LogP contribution in [0.15, 0.2) is 60.0 Å². The van der Waals surface area contributed by atoms with Crippen LogP contribution in [0.4, 0.5) is 0 Å². The fourth-order valence-corrected chi connectivity index (χ4v) is 4.15. The standard InChI is InChI=1S/C24H26N10O/c1-3-5-6-20-15-33(23-26-16-27-34(23)4-2)24(35)32(20)14-19-13-25-12-11-21(19)17-7-9-18(10-8-17)22-28-30-31-29-22/h7-13,15-16H,3-6,14H2,1-2H3,(H,28,29,30,31). The molecule has 5 rings (SSSR count). The van der Waals surface area contributed by atoms with E-state index in [0.29, 0.717) is 24.9 Å². The summed E-state index contributed by atoms with van der Waals surface area (Å²) in [7, 11) is 0. The number of imidazole rings is 1. The van der Waals surface area contributed by atoms with Gasteiger partial charge in [-0.1, -0.05) is 37.6 Å². The Hall–Kier alpha value is -4.41. The molecule has 5 aromatic rings. The smallest absolute Gasteiger partial charge is 0.291 e. The van der Waals surface area contributed by atoms with Crippen molar-refractivity contribution in [3.05, 3.63) is 77.0 Å². The number of aryl methyl sites for hydroxylation is 2. The van der Waals surface area contributed by atoms with Crippen molar-refractivity contribution in [2.24, 2.45) is 0 Å². The molecule has 0 unspecified atom stereocenters. The Balaban J connectivity index is 1.53. The van der Waals surface area contributed by atoms with Crippen molar-refractivity contribution in [1.82, 2.24) is 49.5 Å². The van der Waals surface area contributed by atoms with E-state index in [-0.39, 0.29) is 5.69 Å². The Morgan fingerprint density at radius 1 is 1.06 bits per heavy atom. The summed E-state index contributed by atoms with van der Waals surface area (Å²) in [5, 5.41) is 18.4. The first-order chi connectivity index (χ1) is 17.2. The van der Waals surface area contributed by atoms with Crippen molar-refractivity contribution in [2.75, 3.05) is 0 Å². The highest BCUT2D eigenvalue weighted by molar-refractivity contribution is 5.69. The van der Waals surface area contributed by atoms with Crippen LogP contribution in [0.3, 0.4) is 0 Å². The number of aromatic nitrogens is 10. The van der Waals surface area contributed by atoms with E-state index in [1.807, 2.05) is 54.2 Å². The average molecular weight is 471 g/mol. The largest absolute Gasteiger partial charge is 0.335 e. The van der Waals surface area contributed by atoms with Crippen LogP contribution in [-0.4, -0.2) is 49.5 Å². The van der Waals surface area contributed by atoms with E-state index in [2.05, 4.69) is 42.6 Å². The lowest BCUT2D eigenvalue weighted by atomic mass is 10.00. The quantitative estimate of drug-likeness (QED) is 0.351. The number of rotatable bonds is 9. The fraction of sp³-hybridized carbons (Fsp3) is 0.292. The lowest BCUT2D eigenvalue weighted by Crippen LogP contribution is -2.26. The van der Waals surface area contributed by atoms with E-state index in [9.17, 15) is 4.79 Å². The van der Waals surface area contributed by atoms with Crippen LogP contribution in [0.5, 0.6) is 0 Å². The zero-order valence-corrected chi connectivity index (χ0v) is 19.7. The molecule has 0 fully saturated rings. The van der Waals surface area contributed by atoms with E-state index in [0.717, 1.165) is 47.2 Å². The van der Waals surface area contributed by atoms with Crippen molar-refractivity contribution in [1.29, 1.82) is 0 Å². The van der Waals surface area contributed by atoms with E-state index < -0.39 is 0 Å². The van der Waals surface area contributed by atoms with Gasteiger partial charge in [0.1, 0.15) is 6.33 Å². The number of benzene rings is 1. The lowest BCUT2D eigenvalue weighted by Gasteiger charge is -2.12. The third kappa shape index (κ3) is 4.39. The highest BCUT2D eigenvalue weighted by Gasteiger charge is 2.18. The van der Waals surface area contributed by atoms with Gasteiger partial charge in [-0.25, -0.2) is 14.0 Å². The molecule has 0 spiro atoms. The number of nitrogens with one attached hydrogen (secondary N) is 1. The van der Waals surface area contributed by atoms with Gasteiger partial charge in [-0.3, -0.25) is 9.55 Å². The van der Waals surface area contributed by atoms with Crippen molar-refractivity contribution < 1.29 is 0 Å². The molecule has 0 atom stereocenters. The van der Waals surface area contributed by atoms with Gasteiger partial charge in [-0.05, 0) is 47.7 Å². The maximum Gasteiger partial charge on any atom is 0.335 e. The molecule has 0 aliphatic heterocycles. The molecule has 1 aromatic carbocycles. The zero-order chi connectivity index (χ0) is 24.2. The van der Waals surface area contributed by atoms with E-state index >= 15 is 0 Å². The molecule has 4 heterocycles. The number of H-pyrrole nitrogens is 1. The Bertz CT molecular complexity index is 1460. The summed E-state index contributed by atoms with van der Waals surface area (Å²) in [5.41, 5.74) is 4.67. The summed E-state index contributed by atoms with van der Waals surface area (Å²) < 4.78 is 5.13. The fourth-order valence-electron chi connectivity index (χ4n) is 4.15. The van der Waals surface area contributed by atoms with Crippen molar-refractivity contribution in [2.45, 2.75) is 46.2 Å². The first-order valence-electron chi connectivity index (χ1n) is 11.7. The Morgan fingerprint density at radius 3 is 2.63 bits per heavy atom. The number of aromatic amines is 1. The second kappa shape index (κ2) is 9.84. The van der Waals surface area contributed by atoms with Gasteiger partial charge in [-0.2, -0.15) is 15.3 Å². The van der Waals surface area contributed by atoms with Gasteiger partial charge in [-0.15, -0.1) is 10.2 Å². The van der Waals surface area contributed by atoms with Crippen LogP contribution >= 0.6 is 0 Å². The van der Waals surface area contributed by atoms with Crippen molar-refractivity contribution in [3.63, 3.8) is 0 Å². The number of tetrazole rings is 1. The number of pyridine rings is 1. The zero-order valence-electron chi connectivity index (χ0n) is 19.7. The summed E-state index contributed by atoms with van der Waals surface area (Å²) in [5.74, 6) is 1.07. The van der Waals surface area contributed by atoms with Crippen LogP contribution in [0.25, 0.3) is 28.5 Å². The van der Waals surface area contributed by atoms with E-state index in [1.54, 1.807) is 15.4 Å². The molecule has 0 radical (unpaired) electrons. The molecule has 0 aliphatic rings. The highest BCUT2D eigenvalue weighted by atomic mass is 16.2. The van der Waals surface area contributed by atoms with Crippen molar-refractivity contribution in [3.8, 4) is 28.5 Å². The molecule has 178 valence electrons. The number of hydrogen-bond donors (Lipinski definition) is 1. The van der Waals surface area contributed by atoms with Crippen LogP contribution in [0.2, 0.25) is 0 Å². The van der Waals surface area contributed by atoms with E-state index in [1.165, 1.54) is 6.33 Å². The summed E-state index contributed by atoms with van der Waals surface area (Å²) in [6.07, 6.45) is 9.78. The van der Waals surface area contributed by atoms with E-state index in [4.69, 9.17) is 0 Å². The third-order valence-electron chi connectivity index (χ3n) is 5.99. The maximum absolute atomic E-state index is 13.5. The van der Waals surface area contributed by atoms with Gasteiger partial charge in [0, 0.05) is 36.4 Å². The molecule has 0 saturated heterocycles. The molecule has 0 saturated carbocycles. The molecule has 0 aliphatic carbocycles. The molecule has 11 nitrogen and oxygen atoms in total. The maximum atomic E-state index is 13.5. The minimum Gasteiger partial charge on any atom is -0.291 e. The summed E-state index contributed by atoms with van der Waals surface area (Å²) in [6.45, 7) is 5.15. The third-order valence-corrected chi connectivity index (χ3v) is 5.99. The molecular formula is C24H26N10O. The van der Waals surface area contributed by atoms with Gasteiger partial charge in [0.15, 0.2) is 0 Å². The predicted molar refractivity (Wildman–Crippen MR) is 130 cm³/mol. The number of unbranched alkanes of at least 4 members (excludes halogenated alkanes) is 1. The minimum absolute atomic E-state index is 0.138. The molecule has 0 bridgehead atoms. The summed E-state index contributed by atoms with van der Waals surface area (Å²) in [6, 6.07) is 9.91. The first kappa shape index (κ1) is 22.4. The minimum atomic E-state index is -0.138. The Morgan fingerprint density at radius 2 is 1.89 bits per heavy atom. The van der Waals surface area contributed by atoms with Gasteiger partial charge < -0.3 is 0 Å². The second-order valence-electron chi connectivity index (χ2n) is 8.18. The summed E-state index contributed by atoms with van der Waals surface area (Å²) in [4.78, 5) is 22.2. The van der Waals surface area contributed by atoms with Crippen LogP contribution in [-0.2, 0) is 19.5 Å². The van der Waals surface area contributed by atoms with Crippen LogP contribution in [0.1, 0.15) is 37.9 Å². The number of hydrogen-bond acceptors (Lipinski definition) is 7. The average Bonchev–Trinajstić information content (AvgIpc) is 3.65.